The number of rotatable bonds is 6. The maximum Gasteiger partial charge on any atom is 0.0677 e. The van der Waals surface area contributed by atoms with Crippen LogP contribution >= 0.6 is 0 Å². The summed E-state index contributed by atoms with van der Waals surface area (Å²) < 4.78 is 6.36. The molecular formula is C19H37NO. The molecule has 0 amide bonds. The normalized spacial score (nSPS) is 30.4. The zero-order valence-corrected chi connectivity index (χ0v) is 15.0. The number of nitrogens with one attached hydrogen (secondary N) is 1. The maximum atomic E-state index is 6.36. The molecule has 2 unspecified atom stereocenters. The summed E-state index contributed by atoms with van der Waals surface area (Å²) >= 11 is 0. The van der Waals surface area contributed by atoms with Crippen molar-refractivity contribution in [2.45, 2.75) is 103 Å². The first-order valence-corrected chi connectivity index (χ1v) is 9.27. The number of hydrogen-bond donors (Lipinski definition) is 1. The Hall–Kier alpha value is -0.0800. The largest absolute Gasteiger partial charge is 0.369 e. The van der Waals surface area contributed by atoms with E-state index in [1.165, 1.54) is 51.4 Å². The van der Waals surface area contributed by atoms with E-state index in [9.17, 15) is 0 Å². The second kappa shape index (κ2) is 7.00. The molecule has 2 aliphatic rings. The molecule has 2 heteroatoms. The van der Waals surface area contributed by atoms with E-state index in [-0.39, 0.29) is 11.2 Å². The van der Waals surface area contributed by atoms with Crippen LogP contribution in [0.4, 0.5) is 0 Å². The van der Waals surface area contributed by atoms with E-state index in [1.807, 2.05) is 0 Å². The highest BCUT2D eigenvalue weighted by molar-refractivity contribution is 5.00. The van der Waals surface area contributed by atoms with E-state index in [2.05, 4.69) is 39.9 Å². The quantitative estimate of drug-likeness (QED) is 0.751. The highest BCUT2D eigenvalue weighted by Gasteiger charge is 2.49. The van der Waals surface area contributed by atoms with E-state index < -0.39 is 0 Å². The minimum atomic E-state index is 0.00355. The lowest BCUT2D eigenvalue weighted by molar-refractivity contribution is -0.0784. The van der Waals surface area contributed by atoms with Gasteiger partial charge in [-0.3, -0.25) is 0 Å². The van der Waals surface area contributed by atoms with Crippen LogP contribution in [0.3, 0.4) is 0 Å². The molecule has 1 saturated heterocycles. The Bertz CT molecular complexity index is 318. The predicted molar refractivity (Wildman–Crippen MR) is 90.6 cm³/mol. The third kappa shape index (κ3) is 4.69. The second-order valence-corrected chi connectivity index (χ2v) is 8.58. The summed E-state index contributed by atoms with van der Waals surface area (Å²) in [7, 11) is 0. The van der Waals surface area contributed by atoms with Gasteiger partial charge in [-0.1, -0.05) is 39.0 Å². The molecule has 0 aromatic carbocycles. The van der Waals surface area contributed by atoms with Gasteiger partial charge in [0.05, 0.1) is 11.2 Å². The van der Waals surface area contributed by atoms with Crippen LogP contribution in [-0.2, 0) is 4.74 Å². The van der Waals surface area contributed by atoms with Crippen LogP contribution < -0.4 is 5.32 Å². The molecule has 0 aromatic rings. The average molecular weight is 296 g/mol. The molecule has 1 aliphatic heterocycles. The third-order valence-electron chi connectivity index (χ3n) is 5.60. The molecule has 1 saturated carbocycles. The lowest BCUT2D eigenvalue weighted by Gasteiger charge is -2.36. The highest BCUT2D eigenvalue weighted by Crippen LogP contribution is 2.45. The summed E-state index contributed by atoms with van der Waals surface area (Å²) in [5.41, 5.74) is 0.0381. The van der Waals surface area contributed by atoms with Crippen LogP contribution in [0.1, 0.15) is 86.0 Å². The van der Waals surface area contributed by atoms with Crippen LogP contribution in [-0.4, -0.2) is 23.8 Å². The maximum absolute atomic E-state index is 6.36. The Kier molecular flexibility index (Phi) is 5.76. The molecule has 0 spiro atoms. The average Bonchev–Trinajstić information content (AvgIpc) is 2.63. The topological polar surface area (TPSA) is 21.3 Å². The summed E-state index contributed by atoms with van der Waals surface area (Å²) in [6.45, 7) is 12.5. The van der Waals surface area contributed by atoms with Crippen LogP contribution in [0.25, 0.3) is 0 Å². The Labute approximate surface area is 132 Å². The van der Waals surface area contributed by atoms with E-state index in [0.29, 0.717) is 12.0 Å². The minimum Gasteiger partial charge on any atom is -0.369 e. The van der Waals surface area contributed by atoms with Gasteiger partial charge in [0, 0.05) is 12.0 Å². The summed E-state index contributed by atoms with van der Waals surface area (Å²) in [5, 5.41) is 3.87. The Morgan fingerprint density at radius 2 is 1.76 bits per heavy atom. The van der Waals surface area contributed by atoms with Crippen molar-refractivity contribution in [3.05, 3.63) is 0 Å². The number of ether oxygens (including phenoxy) is 1. The van der Waals surface area contributed by atoms with Crippen LogP contribution in [0.15, 0.2) is 0 Å². The van der Waals surface area contributed by atoms with Gasteiger partial charge in [0.15, 0.2) is 0 Å². The van der Waals surface area contributed by atoms with Gasteiger partial charge in [0.25, 0.3) is 0 Å². The smallest absolute Gasteiger partial charge is 0.0677 e. The first kappa shape index (κ1) is 17.3. The van der Waals surface area contributed by atoms with Crippen molar-refractivity contribution in [1.29, 1.82) is 0 Å². The summed E-state index contributed by atoms with van der Waals surface area (Å²) in [6, 6.07) is 0.629. The van der Waals surface area contributed by atoms with Crippen molar-refractivity contribution in [3.8, 4) is 0 Å². The first-order valence-electron chi connectivity index (χ1n) is 9.27. The molecule has 124 valence electrons. The first-order chi connectivity index (χ1) is 9.84. The summed E-state index contributed by atoms with van der Waals surface area (Å²) in [4.78, 5) is 0. The molecule has 2 nitrogen and oxygen atoms in total. The zero-order chi connectivity index (χ0) is 15.5. The molecule has 2 atom stereocenters. The minimum absolute atomic E-state index is 0.00355. The Balaban J connectivity index is 2.03. The van der Waals surface area contributed by atoms with Gasteiger partial charge in [0.2, 0.25) is 0 Å². The SMILES string of the molecule is CCCNC(CC1CCCCC1)C1CC(C)(C)OC1(C)C. The summed E-state index contributed by atoms with van der Waals surface area (Å²) in [5.74, 6) is 1.58. The van der Waals surface area contributed by atoms with Crippen molar-refractivity contribution < 1.29 is 4.74 Å². The molecule has 1 aliphatic carbocycles. The van der Waals surface area contributed by atoms with Gasteiger partial charge in [-0.15, -0.1) is 0 Å². The fourth-order valence-electron chi connectivity index (χ4n) is 4.73. The lowest BCUT2D eigenvalue weighted by Crippen LogP contribution is -2.45. The van der Waals surface area contributed by atoms with Gasteiger partial charge < -0.3 is 10.1 Å². The third-order valence-corrected chi connectivity index (χ3v) is 5.60. The predicted octanol–water partition coefficient (Wildman–Crippen LogP) is 4.92. The van der Waals surface area contributed by atoms with Crippen LogP contribution in [0.5, 0.6) is 0 Å². The van der Waals surface area contributed by atoms with Crippen LogP contribution in [0.2, 0.25) is 0 Å². The molecular weight excluding hydrogens is 258 g/mol. The Morgan fingerprint density at radius 1 is 1.10 bits per heavy atom. The van der Waals surface area contributed by atoms with Crippen molar-refractivity contribution in [1.82, 2.24) is 5.32 Å². The zero-order valence-electron chi connectivity index (χ0n) is 15.0. The molecule has 21 heavy (non-hydrogen) atoms. The fourth-order valence-corrected chi connectivity index (χ4v) is 4.73. The summed E-state index contributed by atoms with van der Waals surface area (Å²) in [6.07, 6.45) is 11.0. The molecule has 2 rings (SSSR count). The van der Waals surface area contributed by atoms with Gasteiger partial charge in [-0.2, -0.15) is 0 Å². The van der Waals surface area contributed by atoms with E-state index >= 15 is 0 Å². The van der Waals surface area contributed by atoms with Gasteiger partial charge in [-0.25, -0.2) is 0 Å². The molecule has 0 bridgehead atoms. The van der Waals surface area contributed by atoms with Crippen molar-refractivity contribution >= 4 is 0 Å². The van der Waals surface area contributed by atoms with E-state index in [0.717, 1.165) is 12.5 Å². The van der Waals surface area contributed by atoms with E-state index in [1.54, 1.807) is 0 Å². The van der Waals surface area contributed by atoms with Crippen molar-refractivity contribution in [2.24, 2.45) is 11.8 Å². The molecule has 2 fully saturated rings. The van der Waals surface area contributed by atoms with Gasteiger partial charge >= 0.3 is 0 Å². The van der Waals surface area contributed by atoms with Crippen LogP contribution in [0, 0.1) is 11.8 Å². The standard InChI is InChI=1S/C19H37NO/c1-6-12-20-17(13-15-10-8-7-9-11-15)16-14-18(2,3)21-19(16,4)5/h15-17,20H,6-14H2,1-5H3. The van der Waals surface area contributed by atoms with Crippen molar-refractivity contribution in [2.75, 3.05) is 6.54 Å². The molecule has 1 N–H and O–H groups in total. The number of hydrogen-bond acceptors (Lipinski definition) is 2. The van der Waals surface area contributed by atoms with Gasteiger partial charge in [0.1, 0.15) is 0 Å². The van der Waals surface area contributed by atoms with Gasteiger partial charge in [-0.05, 0) is 59.4 Å². The Morgan fingerprint density at radius 3 is 2.29 bits per heavy atom. The monoisotopic (exact) mass is 295 g/mol. The molecule has 1 heterocycles. The second-order valence-electron chi connectivity index (χ2n) is 8.58. The van der Waals surface area contributed by atoms with Crippen molar-refractivity contribution in [3.63, 3.8) is 0 Å². The molecule has 0 aromatic heterocycles. The highest BCUT2D eigenvalue weighted by atomic mass is 16.5. The fraction of sp³-hybridized carbons (Fsp3) is 1.00. The van der Waals surface area contributed by atoms with E-state index in [4.69, 9.17) is 4.74 Å². The molecule has 0 radical (unpaired) electrons. The lowest BCUT2D eigenvalue weighted by atomic mass is 9.75.